The topological polar surface area (TPSA) is 26.3 Å². The van der Waals surface area contributed by atoms with Crippen molar-refractivity contribution in [2.45, 2.75) is 32.6 Å². The number of ether oxygens (including phenoxy) is 1. The molecule has 0 saturated heterocycles. The van der Waals surface area contributed by atoms with Gasteiger partial charge in [-0.1, -0.05) is 6.07 Å². The van der Waals surface area contributed by atoms with Crippen molar-refractivity contribution in [1.82, 2.24) is 0 Å². The summed E-state index contributed by atoms with van der Waals surface area (Å²) < 4.78 is 5.20. The fraction of sp³-hybridized carbons (Fsp3) is 0.400. The normalized spacial score (nSPS) is 16.4. The number of allylic oxidation sites excluding steroid dienone is 2. The molecular weight excluding hydrogens is 212 g/mol. The summed E-state index contributed by atoms with van der Waals surface area (Å²) in [6.07, 6.45) is 5.62. The summed E-state index contributed by atoms with van der Waals surface area (Å²) >= 11 is 0. The van der Waals surface area contributed by atoms with Crippen molar-refractivity contribution in [3.8, 4) is 5.75 Å². The molecule has 0 aromatic heterocycles. The summed E-state index contributed by atoms with van der Waals surface area (Å²) in [6, 6.07) is 6.03. The van der Waals surface area contributed by atoms with Crippen LogP contribution < -0.4 is 4.74 Å². The molecule has 0 spiro atoms. The predicted molar refractivity (Wildman–Crippen MR) is 69.2 cm³/mol. The second kappa shape index (κ2) is 5.17. The molecule has 1 aromatic carbocycles. The maximum absolute atomic E-state index is 11.6. The van der Waals surface area contributed by atoms with Crippen molar-refractivity contribution in [3.05, 3.63) is 35.4 Å². The molecule has 90 valence electrons. The molecule has 0 N–H and O–H groups in total. The average Bonchev–Trinajstić information content (AvgIpc) is 2.53. The highest BCUT2D eigenvalue weighted by atomic mass is 16.5. The molecule has 2 rings (SSSR count). The van der Waals surface area contributed by atoms with Gasteiger partial charge in [-0.05, 0) is 61.1 Å². The van der Waals surface area contributed by atoms with Gasteiger partial charge in [0, 0.05) is 6.42 Å². The number of ketones is 1. The van der Waals surface area contributed by atoms with E-state index in [4.69, 9.17) is 4.74 Å². The molecule has 0 bridgehead atoms. The van der Waals surface area contributed by atoms with Gasteiger partial charge in [0.15, 0.2) is 5.78 Å². The lowest BCUT2D eigenvalue weighted by atomic mass is 9.97. The summed E-state index contributed by atoms with van der Waals surface area (Å²) in [7, 11) is 1.67. The van der Waals surface area contributed by atoms with Crippen molar-refractivity contribution in [3.63, 3.8) is 0 Å². The molecule has 0 atom stereocenters. The van der Waals surface area contributed by atoms with E-state index in [0.29, 0.717) is 6.42 Å². The minimum Gasteiger partial charge on any atom is -0.497 e. The lowest BCUT2D eigenvalue weighted by molar-refractivity contribution is -0.114. The van der Waals surface area contributed by atoms with E-state index in [1.165, 1.54) is 16.7 Å². The number of rotatable bonds is 2. The summed E-state index contributed by atoms with van der Waals surface area (Å²) in [5, 5.41) is 0. The van der Waals surface area contributed by atoms with E-state index < -0.39 is 0 Å². The van der Waals surface area contributed by atoms with Crippen LogP contribution in [0.5, 0.6) is 5.75 Å². The first-order valence-electron chi connectivity index (χ1n) is 6.09. The largest absolute Gasteiger partial charge is 0.497 e. The van der Waals surface area contributed by atoms with Crippen molar-refractivity contribution in [2.75, 3.05) is 7.11 Å². The van der Waals surface area contributed by atoms with Gasteiger partial charge >= 0.3 is 0 Å². The standard InChI is InChI=1S/C15H18O2/c1-11-9-14(17-2)7-8-15(11)12-5-3-4-6-13(16)10-12/h7-10H,3-6H2,1-2H3. The highest BCUT2D eigenvalue weighted by molar-refractivity contribution is 5.97. The Morgan fingerprint density at radius 2 is 1.94 bits per heavy atom. The van der Waals surface area contributed by atoms with E-state index in [9.17, 15) is 4.79 Å². The molecule has 0 radical (unpaired) electrons. The van der Waals surface area contributed by atoms with Crippen LogP contribution >= 0.6 is 0 Å². The lowest BCUT2D eigenvalue weighted by Gasteiger charge is -2.10. The van der Waals surface area contributed by atoms with E-state index in [-0.39, 0.29) is 5.78 Å². The Morgan fingerprint density at radius 1 is 1.18 bits per heavy atom. The first-order valence-corrected chi connectivity index (χ1v) is 6.09. The van der Waals surface area contributed by atoms with Crippen LogP contribution in [-0.2, 0) is 4.79 Å². The second-order valence-corrected chi connectivity index (χ2v) is 4.52. The Morgan fingerprint density at radius 3 is 2.65 bits per heavy atom. The lowest BCUT2D eigenvalue weighted by Crippen LogP contribution is -1.93. The Kier molecular flexibility index (Phi) is 3.62. The smallest absolute Gasteiger partial charge is 0.155 e. The van der Waals surface area contributed by atoms with Crippen LogP contribution in [-0.4, -0.2) is 12.9 Å². The van der Waals surface area contributed by atoms with E-state index >= 15 is 0 Å². The third-order valence-electron chi connectivity index (χ3n) is 3.23. The van der Waals surface area contributed by atoms with Gasteiger partial charge in [0.05, 0.1) is 7.11 Å². The van der Waals surface area contributed by atoms with Crippen LogP contribution in [0.15, 0.2) is 24.3 Å². The van der Waals surface area contributed by atoms with E-state index in [2.05, 4.69) is 13.0 Å². The zero-order chi connectivity index (χ0) is 12.3. The van der Waals surface area contributed by atoms with Crippen LogP contribution in [0.2, 0.25) is 0 Å². The average molecular weight is 230 g/mol. The Balaban J connectivity index is 2.35. The predicted octanol–water partition coefficient (Wildman–Crippen LogP) is 3.53. The molecule has 0 fully saturated rings. The number of hydrogen-bond acceptors (Lipinski definition) is 2. The molecule has 1 aliphatic carbocycles. The Bertz CT molecular complexity index is 458. The Labute approximate surface area is 102 Å². The van der Waals surface area contributed by atoms with Gasteiger partial charge < -0.3 is 4.74 Å². The van der Waals surface area contributed by atoms with Gasteiger partial charge in [-0.3, -0.25) is 4.79 Å². The third kappa shape index (κ3) is 2.76. The summed E-state index contributed by atoms with van der Waals surface area (Å²) in [4.78, 5) is 11.6. The number of hydrogen-bond donors (Lipinski definition) is 0. The van der Waals surface area contributed by atoms with Crippen molar-refractivity contribution >= 4 is 11.4 Å². The maximum atomic E-state index is 11.6. The maximum Gasteiger partial charge on any atom is 0.155 e. The van der Waals surface area contributed by atoms with Crippen molar-refractivity contribution < 1.29 is 9.53 Å². The van der Waals surface area contributed by atoms with Gasteiger partial charge in [-0.25, -0.2) is 0 Å². The van der Waals surface area contributed by atoms with Crippen LogP contribution in [0.3, 0.4) is 0 Å². The van der Waals surface area contributed by atoms with E-state index in [0.717, 1.165) is 25.0 Å². The molecule has 2 heteroatoms. The van der Waals surface area contributed by atoms with Crippen molar-refractivity contribution in [2.24, 2.45) is 0 Å². The van der Waals surface area contributed by atoms with Crippen LogP contribution in [0.1, 0.15) is 36.8 Å². The molecule has 1 aromatic rings. The van der Waals surface area contributed by atoms with Crippen LogP contribution in [0.25, 0.3) is 5.57 Å². The highest BCUT2D eigenvalue weighted by Crippen LogP contribution is 2.29. The molecule has 0 unspecified atom stereocenters. The zero-order valence-electron chi connectivity index (χ0n) is 10.5. The number of carbonyl (C=O) groups excluding carboxylic acids is 1. The van der Waals surface area contributed by atoms with Crippen LogP contribution in [0, 0.1) is 6.92 Å². The molecule has 0 heterocycles. The molecule has 17 heavy (non-hydrogen) atoms. The summed E-state index contributed by atoms with van der Waals surface area (Å²) in [5.41, 5.74) is 3.53. The number of carbonyl (C=O) groups is 1. The summed E-state index contributed by atoms with van der Waals surface area (Å²) in [6.45, 7) is 2.06. The first-order chi connectivity index (χ1) is 8.20. The summed E-state index contributed by atoms with van der Waals surface area (Å²) in [5.74, 6) is 1.12. The van der Waals surface area contributed by atoms with Gasteiger partial charge in [-0.2, -0.15) is 0 Å². The van der Waals surface area contributed by atoms with Crippen molar-refractivity contribution in [1.29, 1.82) is 0 Å². The third-order valence-corrected chi connectivity index (χ3v) is 3.23. The second-order valence-electron chi connectivity index (χ2n) is 4.52. The van der Waals surface area contributed by atoms with Gasteiger partial charge in [0.2, 0.25) is 0 Å². The number of methoxy groups -OCH3 is 1. The minimum absolute atomic E-state index is 0.257. The quantitative estimate of drug-likeness (QED) is 0.777. The van der Waals surface area contributed by atoms with Crippen LogP contribution in [0.4, 0.5) is 0 Å². The zero-order valence-corrected chi connectivity index (χ0v) is 10.5. The van der Waals surface area contributed by atoms with E-state index in [1.807, 2.05) is 18.2 Å². The minimum atomic E-state index is 0.257. The molecule has 0 aliphatic heterocycles. The van der Waals surface area contributed by atoms with Gasteiger partial charge in [0.25, 0.3) is 0 Å². The van der Waals surface area contributed by atoms with E-state index in [1.54, 1.807) is 7.11 Å². The molecule has 1 aliphatic rings. The monoisotopic (exact) mass is 230 g/mol. The van der Waals surface area contributed by atoms with Gasteiger partial charge in [-0.15, -0.1) is 0 Å². The number of aryl methyl sites for hydroxylation is 1. The SMILES string of the molecule is COc1ccc(C2=CC(=O)CCCC2)c(C)c1. The fourth-order valence-corrected chi connectivity index (χ4v) is 2.29. The number of benzene rings is 1. The molecule has 2 nitrogen and oxygen atoms in total. The molecule has 0 saturated carbocycles. The molecular formula is C15H18O2. The highest BCUT2D eigenvalue weighted by Gasteiger charge is 2.12. The Hall–Kier alpha value is -1.57. The molecule has 0 amide bonds. The first kappa shape index (κ1) is 11.9. The van der Waals surface area contributed by atoms with Gasteiger partial charge in [0.1, 0.15) is 5.75 Å². The fourth-order valence-electron chi connectivity index (χ4n) is 2.29.